The lowest BCUT2D eigenvalue weighted by Gasteiger charge is -2.31. The van der Waals surface area contributed by atoms with Crippen molar-refractivity contribution in [3.63, 3.8) is 0 Å². The van der Waals surface area contributed by atoms with Crippen molar-refractivity contribution in [2.24, 2.45) is 0 Å². The third-order valence-corrected chi connectivity index (χ3v) is 2.67. The zero-order valence-electron chi connectivity index (χ0n) is 8.44. The highest BCUT2D eigenvalue weighted by Crippen LogP contribution is 2.27. The predicted molar refractivity (Wildman–Crippen MR) is 50.6 cm³/mol. The largest absolute Gasteiger partial charge is 0.301 e. The first-order valence-corrected chi connectivity index (χ1v) is 5.10. The quantitative estimate of drug-likeness (QED) is 0.756. The second-order valence-corrected chi connectivity index (χ2v) is 3.82. The maximum atomic E-state index is 12.8. The van der Waals surface area contributed by atoms with E-state index in [1.54, 1.807) is 17.2 Å². The first kappa shape index (κ1) is 10.5. The summed E-state index contributed by atoms with van der Waals surface area (Å²) in [6.45, 7) is 2.34. The molecule has 1 aromatic rings. The Labute approximate surface area is 86.9 Å². The standard InChI is InChI=1S/C9H14F2N4/c10-9(11)1-5-14(6-2-9)7-8-15-12-3-4-13-15/h3-4H,1-2,5-8H2. The Bertz CT molecular complexity index is 289. The van der Waals surface area contributed by atoms with Crippen LogP contribution in [0.1, 0.15) is 12.8 Å². The molecule has 0 bridgehead atoms. The molecule has 1 aliphatic rings. The fourth-order valence-electron chi connectivity index (χ4n) is 1.69. The minimum Gasteiger partial charge on any atom is -0.301 e. The van der Waals surface area contributed by atoms with Crippen LogP contribution in [0.2, 0.25) is 0 Å². The van der Waals surface area contributed by atoms with Crippen LogP contribution >= 0.6 is 0 Å². The molecule has 0 atom stereocenters. The highest BCUT2D eigenvalue weighted by atomic mass is 19.3. The van der Waals surface area contributed by atoms with Gasteiger partial charge in [0.2, 0.25) is 0 Å². The van der Waals surface area contributed by atoms with Crippen molar-refractivity contribution in [2.75, 3.05) is 19.6 Å². The van der Waals surface area contributed by atoms with Gasteiger partial charge in [-0.3, -0.25) is 0 Å². The highest BCUT2D eigenvalue weighted by molar-refractivity contribution is 4.77. The summed E-state index contributed by atoms with van der Waals surface area (Å²) in [7, 11) is 0. The topological polar surface area (TPSA) is 34.0 Å². The lowest BCUT2D eigenvalue weighted by Crippen LogP contribution is -2.40. The van der Waals surface area contributed by atoms with Crippen molar-refractivity contribution in [3.8, 4) is 0 Å². The molecule has 2 rings (SSSR count). The molecule has 84 valence electrons. The molecule has 0 aliphatic carbocycles. The lowest BCUT2D eigenvalue weighted by atomic mass is 10.1. The molecule has 0 spiro atoms. The van der Waals surface area contributed by atoms with E-state index in [2.05, 4.69) is 10.2 Å². The highest BCUT2D eigenvalue weighted by Gasteiger charge is 2.33. The summed E-state index contributed by atoms with van der Waals surface area (Å²) >= 11 is 0. The van der Waals surface area contributed by atoms with Crippen LogP contribution in [-0.2, 0) is 6.54 Å². The van der Waals surface area contributed by atoms with E-state index in [1.165, 1.54) is 0 Å². The van der Waals surface area contributed by atoms with Gasteiger partial charge in [0.25, 0.3) is 5.92 Å². The van der Waals surface area contributed by atoms with Crippen LogP contribution < -0.4 is 0 Å². The fraction of sp³-hybridized carbons (Fsp3) is 0.778. The van der Waals surface area contributed by atoms with Gasteiger partial charge in [0, 0.05) is 32.5 Å². The van der Waals surface area contributed by atoms with Crippen molar-refractivity contribution in [3.05, 3.63) is 12.4 Å². The van der Waals surface area contributed by atoms with Gasteiger partial charge in [0.05, 0.1) is 18.9 Å². The van der Waals surface area contributed by atoms with Crippen molar-refractivity contribution < 1.29 is 8.78 Å². The second-order valence-electron chi connectivity index (χ2n) is 3.82. The number of likely N-dealkylation sites (tertiary alicyclic amines) is 1. The van der Waals surface area contributed by atoms with E-state index in [4.69, 9.17) is 0 Å². The first-order valence-electron chi connectivity index (χ1n) is 5.10. The minimum atomic E-state index is -2.46. The summed E-state index contributed by atoms with van der Waals surface area (Å²) in [5, 5.41) is 7.92. The minimum absolute atomic E-state index is 0.0282. The van der Waals surface area contributed by atoms with Gasteiger partial charge in [-0.25, -0.2) is 8.78 Å². The molecule has 4 nitrogen and oxygen atoms in total. The first-order chi connectivity index (χ1) is 7.16. The van der Waals surface area contributed by atoms with Crippen LogP contribution in [0.4, 0.5) is 8.78 Å². The average molecular weight is 216 g/mol. The molecule has 0 N–H and O–H groups in total. The number of piperidine rings is 1. The number of hydrogen-bond donors (Lipinski definition) is 0. The Morgan fingerprint density at radius 3 is 2.27 bits per heavy atom. The molecule has 1 fully saturated rings. The Hall–Kier alpha value is -1.04. The van der Waals surface area contributed by atoms with E-state index in [9.17, 15) is 8.78 Å². The summed E-state index contributed by atoms with van der Waals surface area (Å²) in [6.07, 6.45) is 3.17. The van der Waals surface area contributed by atoms with E-state index in [1.807, 2.05) is 4.90 Å². The number of aromatic nitrogens is 3. The number of alkyl halides is 2. The molecular formula is C9H14F2N4. The van der Waals surface area contributed by atoms with Gasteiger partial charge in [-0.15, -0.1) is 0 Å². The van der Waals surface area contributed by atoms with Gasteiger partial charge in [-0.1, -0.05) is 0 Å². The van der Waals surface area contributed by atoms with Crippen LogP contribution in [0, 0.1) is 0 Å². The Morgan fingerprint density at radius 1 is 1.07 bits per heavy atom. The summed E-state index contributed by atoms with van der Waals surface area (Å²) in [6, 6.07) is 0. The molecule has 0 radical (unpaired) electrons. The van der Waals surface area contributed by atoms with Crippen LogP contribution in [0.3, 0.4) is 0 Å². The third kappa shape index (κ3) is 2.95. The van der Waals surface area contributed by atoms with E-state index in [0.29, 0.717) is 19.6 Å². The van der Waals surface area contributed by atoms with Crippen molar-refractivity contribution in [1.82, 2.24) is 19.9 Å². The van der Waals surface area contributed by atoms with Crippen molar-refractivity contribution in [2.45, 2.75) is 25.3 Å². The monoisotopic (exact) mass is 216 g/mol. The number of hydrogen-bond acceptors (Lipinski definition) is 3. The van der Waals surface area contributed by atoms with Gasteiger partial charge in [-0.2, -0.15) is 15.0 Å². The molecule has 0 saturated carbocycles. The Kier molecular flexibility index (Phi) is 2.95. The molecular weight excluding hydrogens is 202 g/mol. The maximum absolute atomic E-state index is 12.8. The number of halogens is 2. The molecule has 1 aliphatic heterocycles. The fourth-order valence-corrected chi connectivity index (χ4v) is 1.69. The number of rotatable bonds is 3. The molecule has 2 heterocycles. The van der Waals surface area contributed by atoms with E-state index < -0.39 is 5.92 Å². The summed E-state index contributed by atoms with van der Waals surface area (Å²) in [5.41, 5.74) is 0. The smallest absolute Gasteiger partial charge is 0.250 e. The zero-order valence-corrected chi connectivity index (χ0v) is 8.44. The van der Waals surface area contributed by atoms with Crippen molar-refractivity contribution >= 4 is 0 Å². The second kappa shape index (κ2) is 4.22. The van der Waals surface area contributed by atoms with E-state index in [-0.39, 0.29) is 12.8 Å². The molecule has 0 amide bonds. The summed E-state index contributed by atoms with van der Waals surface area (Å²) in [4.78, 5) is 3.60. The summed E-state index contributed by atoms with van der Waals surface area (Å²) in [5.74, 6) is -2.46. The van der Waals surface area contributed by atoms with Gasteiger partial charge >= 0.3 is 0 Å². The van der Waals surface area contributed by atoms with E-state index in [0.717, 1.165) is 6.54 Å². The molecule has 0 unspecified atom stereocenters. The Morgan fingerprint density at radius 2 is 1.67 bits per heavy atom. The Balaban J connectivity index is 1.73. The molecule has 0 aromatic carbocycles. The van der Waals surface area contributed by atoms with Gasteiger partial charge in [0.15, 0.2) is 0 Å². The van der Waals surface area contributed by atoms with Gasteiger partial charge in [0.1, 0.15) is 0 Å². The maximum Gasteiger partial charge on any atom is 0.250 e. The molecule has 15 heavy (non-hydrogen) atoms. The van der Waals surface area contributed by atoms with Gasteiger partial charge < -0.3 is 4.90 Å². The average Bonchev–Trinajstić information content (AvgIpc) is 2.69. The van der Waals surface area contributed by atoms with Crippen LogP contribution in [-0.4, -0.2) is 45.5 Å². The molecule has 6 heteroatoms. The molecule has 1 aromatic heterocycles. The normalized spacial score (nSPS) is 21.7. The zero-order chi connectivity index (χ0) is 10.7. The van der Waals surface area contributed by atoms with Crippen LogP contribution in [0.25, 0.3) is 0 Å². The van der Waals surface area contributed by atoms with Crippen LogP contribution in [0.15, 0.2) is 12.4 Å². The van der Waals surface area contributed by atoms with E-state index >= 15 is 0 Å². The molecule has 1 saturated heterocycles. The number of nitrogens with zero attached hydrogens (tertiary/aromatic N) is 4. The third-order valence-electron chi connectivity index (χ3n) is 2.67. The summed E-state index contributed by atoms with van der Waals surface area (Å²) < 4.78 is 25.7. The van der Waals surface area contributed by atoms with Crippen molar-refractivity contribution in [1.29, 1.82) is 0 Å². The lowest BCUT2D eigenvalue weighted by molar-refractivity contribution is -0.0556. The SMILES string of the molecule is FC1(F)CCN(CCn2nccn2)CC1. The van der Waals surface area contributed by atoms with Crippen LogP contribution in [0.5, 0.6) is 0 Å². The predicted octanol–water partition coefficient (Wildman–Crippen LogP) is 1.01. The van der Waals surface area contributed by atoms with Gasteiger partial charge in [-0.05, 0) is 0 Å².